The minimum absolute atomic E-state index is 0.0125. The molecular weight excluding hydrogens is 362 g/mol. The van der Waals surface area contributed by atoms with E-state index in [-0.39, 0.29) is 18.0 Å². The molecule has 0 radical (unpaired) electrons. The summed E-state index contributed by atoms with van der Waals surface area (Å²) in [6.07, 6.45) is 0.261. The number of methoxy groups -OCH3 is 2. The standard InChI is InChI=1S/C20H25N3O5/c1-14-17(6-5-7-18(14)23(25)26)21-20(24)10-11-22(2)13-15-8-9-16(27-3)12-19(15)28-4/h5-9,12H,10-11,13H2,1-4H3,(H,21,24). The topological polar surface area (TPSA) is 93.9 Å². The van der Waals surface area contributed by atoms with E-state index >= 15 is 0 Å². The van der Waals surface area contributed by atoms with Gasteiger partial charge in [-0.1, -0.05) is 12.1 Å². The molecule has 0 fully saturated rings. The number of ether oxygens (including phenoxy) is 2. The molecule has 0 atom stereocenters. The van der Waals surface area contributed by atoms with Gasteiger partial charge in [0.1, 0.15) is 11.5 Å². The van der Waals surface area contributed by atoms with E-state index in [1.807, 2.05) is 30.1 Å². The maximum atomic E-state index is 12.3. The predicted molar refractivity (Wildman–Crippen MR) is 107 cm³/mol. The molecule has 0 unspecified atom stereocenters. The number of carbonyl (C=O) groups is 1. The Kier molecular flexibility index (Phi) is 7.34. The van der Waals surface area contributed by atoms with Gasteiger partial charge in [0.15, 0.2) is 0 Å². The van der Waals surface area contributed by atoms with Crippen LogP contribution in [0, 0.1) is 17.0 Å². The van der Waals surface area contributed by atoms with Crippen molar-refractivity contribution < 1.29 is 19.2 Å². The van der Waals surface area contributed by atoms with Crippen LogP contribution in [0.3, 0.4) is 0 Å². The average Bonchev–Trinajstić information content (AvgIpc) is 2.68. The lowest BCUT2D eigenvalue weighted by molar-refractivity contribution is -0.385. The molecule has 1 N–H and O–H groups in total. The van der Waals surface area contributed by atoms with Gasteiger partial charge < -0.3 is 19.7 Å². The molecule has 2 aromatic carbocycles. The molecule has 2 rings (SSSR count). The van der Waals surface area contributed by atoms with Crippen molar-refractivity contribution >= 4 is 17.3 Å². The van der Waals surface area contributed by atoms with Crippen molar-refractivity contribution in [1.82, 2.24) is 4.90 Å². The summed E-state index contributed by atoms with van der Waals surface area (Å²) in [6, 6.07) is 10.3. The second-order valence-corrected chi connectivity index (χ2v) is 6.42. The Morgan fingerprint density at radius 1 is 1.21 bits per heavy atom. The van der Waals surface area contributed by atoms with E-state index in [0.717, 1.165) is 17.1 Å². The van der Waals surface area contributed by atoms with Crippen LogP contribution in [0.5, 0.6) is 11.5 Å². The van der Waals surface area contributed by atoms with Gasteiger partial charge in [0.2, 0.25) is 5.91 Å². The van der Waals surface area contributed by atoms with Crippen molar-refractivity contribution in [1.29, 1.82) is 0 Å². The fourth-order valence-corrected chi connectivity index (χ4v) is 2.81. The molecule has 0 aliphatic rings. The van der Waals surface area contributed by atoms with Crippen molar-refractivity contribution in [3.8, 4) is 11.5 Å². The zero-order valence-electron chi connectivity index (χ0n) is 16.5. The number of rotatable bonds is 9. The SMILES string of the molecule is COc1ccc(CN(C)CCC(=O)Nc2cccc([N+](=O)[O-])c2C)c(OC)c1. The van der Waals surface area contributed by atoms with Gasteiger partial charge in [-0.25, -0.2) is 0 Å². The van der Waals surface area contributed by atoms with E-state index < -0.39 is 4.92 Å². The van der Waals surface area contributed by atoms with Gasteiger partial charge in [0.05, 0.1) is 30.4 Å². The van der Waals surface area contributed by atoms with E-state index in [1.54, 1.807) is 33.3 Å². The zero-order valence-corrected chi connectivity index (χ0v) is 16.5. The second-order valence-electron chi connectivity index (χ2n) is 6.42. The summed E-state index contributed by atoms with van der Waals surface area (Å²) in [5.41, 5.74) is 1.87. The van der Waals surface area contributed by atoms with E-state index in [1.165, 1.54) is 6.07 Å². The molecule has 0 bridgehead atoms. The lowest BCUT2D eigenvalue weighted by Gasteiger charge is -2.19. The average molecular weight is 387 g/mol. The van der Waals surface area contributed by atoms with E-state index in [0.29, 0.717) is 24.3 Å². The summed E-state index contributed by atoms with van der Waals surface area (Å²) >= 11 is 0. The Morgan fingerprint density at radius 2 is 1.96 bits per heavy atom. The molecule has 150 valence electrons. The molecule has 8 heteroatoms. The molecule has 28 heavy (non-hydrogen) atoms. The number of nitrogens with zero attached hydrogens (tertiary/aromatic N) is 2. The largest absolute Gasteiger partial charge is 0.497 e. The van der Waals surface area contributed by atoms with Crippen LogP contribution in [0.25, 0.3) is 0 Å². The first kappa shape index (κ1) is 21.2. The summed E-state index contributed by atoms with van der Waals surface area (Å²) in [5, 5.41) is 13.8. The van der Waals surface area contributed by atoms with Crippen molar-refractivity contribution in [3.05, 3.63) is 57.6 Å². The number of nitro groups is 1. The van der Waals surface area contributed by atoms with E-state index in [2.05, 4.69) is 5.32 Å². The first-order chi connectivity index (χ1) is 13.3. The van der Waals surface area contributed by atoms with Crippen LogP contribution in [-0.2, 0) is 11.3 Å². The first-order valence-electron chi connectivity index (χ1n) is 8.79. The summed E-state index contributed by atoms with van der Waals surface area (Å²) < 4.78 is 10.6. The number of hydrogen-bond acceptors (Lipinski definition) is 6. The minimum Gasteiger partial charge on any atom is -0.497 e. The smallest absolute Gasteiger partial charge is 0.274 e. The van der Waals surface area contributed by atoms with Gasteiger partial charge in [0.25, 0.3) is 5.69 Å². The number of hydrogen-bond donors (Lipinski definition) is 1. The Balaban J connectivity index is 1.93. The van der Waals surface area contributed by atoms with Crippen LogP contribution in [-0.4, -0.2) is 43.5 Å². The van der Waals surface area contributed by atoms with Crippen LogP contribution in [0.4, 0.5) is 11.4 Å². The molecule has 2 aromatic rings. The maximum Gasteiger partial charge on any atom is 0.274 e. The molecule has 0 saturated heterocycles. The third-order valence-electron chi connectivity index (χ3n) is 4.43. The Labute approximate surface area is 164 Å². The number of nitrogens with one attached hydrogen (secondary N) is 1. The van der Waals surface area contributed by atoms with E-state index in [9.17, 15) is 14.9 Å². The highest BCUT2D eigenvalue weighted by Crippen LogP contribution is 2.26. The van der Waals surface area contributed by atoms with E-state index in [4.69, 9.17) is 9.47 Å². The highest BCUT2D eigenvalue weighted by Gasteiger charge is 2.15. The monoisotopic (exact) mass is 387 g/mol. The quantitative estimate of drug-likeness (QED) is 0.524. The number of benzene rings is 2. The second kappa shape index (κ2) is 9.70. The van der Waals surface area contributed by atoms with Crippen molar-refractivity contribution in [3.63, 3.8) is 0 Å². The van der Waals surface area contributed by atoms with Gasteiger partial charge in [-0.3, -0.25) is 14.9 Å². The highest BCUT2D eigenvalue weighted by molar-refractivity contribution is 5.92. The highest BCUT2D eigenvalue weighted by atomic mass is 16.6. The van der Waals surface area contributed by atoms with Crippen molar-refractivity contribution in [2.75, 3.05) is 33.1 Å². The van der Waals surface area contributed by atoms with Crippen molar-refractivity contribution in [2.24, 2.45) is 0 Å². The lowest BCUT2D eigenvalue weighted by Crippen LogP contribution is -2.24. The van der Waals surface area contributed by atoms with Gasteiger partial charge in [0, 0.05) is 37.2 Å². The van der Waals surface area contributed by atoms with Crippen molar-refractivity contribution in [2.45, 2.75) is 19.9 Å². The molecule has 1 amide bonds. The third kappa shape index (κ3) is 5.43. The number of nitro benzene ring substituents is 1. The van der Waals surface area contributed by atoms with Gasteiger partial charge in [-0.2, -0.15) is 0 Å². The fourth-order valence-electron chi connectivity index (χ4n) is 2.81. The Hall–Kier alpha value is -3.13. The van der Waals surface area contributed by atoms with Crippen LogP contribution >= 0.6 is 0 Å². The fraction of sp³-hybridized carbons (Fsp3) is 0.350. The van der Waals surface area contributed by atoms with Crippen LogP contribution in [0.15, 0.2) is 36.4 Å². The zero-order chi connectivity index (χ0) is 20.7. The Bertz CT molecular complexity index is 854. The van der Waals surface area contributed by atoms with Crippen LogP contribution in [0.2, 0.25) is 0 Å². The summed E-state index contributed by atoms with van der Waals surface area (Å²) in [7, 11) is 5.12. The number of amides is 1. The van der Waals surface area contributed by atoms with Gasteiger partial charge in [-0.15, -0.1) is 0 Å². The molecule has 0 spiro atoms. The van der Waals surface area contributed by atoms with Crippen LogP contribution in [0.1, 0.15) is 17.5 Å². The van der Waals surface area contributed by atoms with Gasteiger partial charge in [-0.05, 0) is 26.1 Å². The maximum absolute atomic E-state index is 12.3. The summed E-state index contributed by atoms with van der Waals surface area (Å²) in [5.74, 6) is 1.25. The lowest BCUT2D eigenvalue weighted by atomic mass is 10.1. The first-order valence-corrected chi connectivity index (χ1v) is 8.79. The number of carbonyl (C=O) groups excluding carboxylic acids is 1. The molecule has 8 nitrogen and oxygen atoms in total. The predicted octanol–water partition coefficient (Wildman–Crippen LogP) is 3.38. The molecule has 0 saturated carbocycles. The summed E-state index contributed by atoms with van der Waals surface area (Å²) in [4.78, 5) is 24.8. The number of anilines is 1. The normalized spacial score (nSPS) is 10.6. The minimum atomic E-state index is -0.457. The molecule has 0 aliphatic carbocycles. The van der Waals surface area contributed by atoms with Gasteiger partial charge >= 0.3 is 0 Å². The van der Waals surface area contributed by atoms with Crippen LogP contribution < -0.4 is 14.8 Å². The molecule has 0 aliphatic heterocycles. The molecule has 0 heterocycles. The Morgan fingerprint density at radius 3 is 2.61 bits per heavy atom. The molecule has 0 aromatic heterocycles. The third-order valence-corrected chi connectivity index (χ3v) is 4.43. The molecular formula is C20H25N3O5. The summed E-state index contributed by atoms with van der Waals surface area (Å²) in [6.45, 7) is 2.75.